The van der Waals surface area contributed by atoms with Crippen molar-refractivity contribution in [1.82, 2.24) is 4.90 Å². The topological polar surface area (TPSA) is 37.4 Å². The SMILES string of the molecule is C=C1CCC[C@@H](N2Cc3sccc3C2=O)C(=O)C1. The first-order chi connectivity index (χ1) is 8.66. The van der Waals surface area contributed by atoms with E-state index < -0.39 is 0 Å². The van der Waals surface area contributed by atoms with Gasteiger partial charge in [0.25, 0.3) is 5.91 Å². The van der Waals surface area contributed by atoms with Crippen LogP contribution < -0.4 is 0 Å². The number of carbonyl (C=O) groups excluding carboxylic acids is 2. The third-order valence-corrected chi connectivity index (χ3v) is 4.64. The largest absolute Gasteiger partial charge is 0.323 e. The van der Waals surface area contributed by atoms with Crippen molar-refractivity contribution in [3.05, 3.63) is 34.0 Å². The van der Waals surface area contributed by atoms with Crippen LogP contribution in [0.25, 0.3) is 0 Å². The number of Topliss-reactive ketones (excluding diaryl/α,β-unsaturated/α-hetero) is 1. The molecule has 1 atom stereocenters. The minimum Gasteiger partial charge on any atom is -0.323 e. The Morgan fingerprint density at radius 1 is 1.39 bits per heavy atom. The standard InChI is InChI=1S/C14H15NO2S/c1-9-3-2-4-11(12(16)7-9)15-8-13-10(14(15)17)5-6-18-13/h5-6,11H,1-4,7-8H2/t11-/m1/s1. The molecule has 1 aromatic rings. The van der Waals surface area contributed by atoms with E-state index in [4.69, 9.17) is 0 Å². The van der Waals surface area contributed by atoms with Crippen LogP contribution in [-0.2, 0) is 11.3 Å². The molecule has 0 N–H and O–H groups in total. The minimum atomic E-state index is -0.239. The first-order valence-corrected chi connectivity index (χ1v) is 7.11. The lowest BCUT2D eigenvalue weighted by Gasteiger charge is -2.25. The van der Waals surface area contributed by atoms with E-state index in [2.05, 4.69) is 6.58 Å². The second-order valence-corrected chi connectivity index (χ2v) is 5.99. The Hall–Kier alpha value is -1.42. The lowest BCUT2D eigenvalue weighted by Crippen LogP contribution is -2.40. The van der Waals surface area contributed by atoms with Gasteiger partial charge in [0, 0.05) is 11.3 Å². The number of nitrogens with zero attached hydrogens (tertiary/aromatic N) is 1. The van der Waals surface area contributed by atoms with E-state index in [0.717, 1.165) is 35.3 Å². The van der Waals surface area contributed by atoms with Gasteiger partial charge in [-0.3, -0.25) is 9.59 Å². The molecule has 2 heterocycles. The summed E-state index contributed by atoms with van der Waals surface area (Å²) in [6, 6.07) is 1.62. The zero-order chi connectivity index (χ0) is 12.7. The van der Waals surface area contributed by atoms with Crippen LogP contribution in [-0.4, -0.2) is 22.6 Å². The molecule has 1 aliphatic heterocycles. The van der Waals surface area contributed by atoms with Crippen molar-refractivity contribution < 1.29 is 9.59 Å². The lowest BCUT2D eigenvalue weighted by molar-refractivity contribution is -0.122. The Balaban J connectivity index is 1.84. The van der Waals surface area contributed by atoms with Gasteiger partial charge in [0.1, 0.15) is 0 Å². The van der Waals surface area contributed by atoms with Gasteiger partial charge in [-0.05, 0) is 30.7 Å². The molecular formula is C14H15NO2S. The number of allylic oxidation sites excluding steroid dienone is 1. The number of thiophene rings is 1. The predicted octanol–water partition coefficient (Wildman–Crippen LogP) is 2.77. The first kappa shape index (κ1) is 11.7. The molecule has 18 heavy (non-hydrogen) atoms. The average molecular weight is 261 g/mol. The lowest BCUT2D eigenvalue weighted by atomic mass is 10.1. The van der Waals surface area contributed by atoms with E-state index in [1.54, 1.807) is 16.2 Å². The van der Waals surface area contributed by atoms with Crippen molar-refractivity contribution in [2.24, 2.45) is 0 Å². The van der Waals surface area contributed by atoms with Crippen LogP contribution in [0.3, 0.4) is 0 Å². The molecule has 0 spiro atoms. The molecule has 4 heteroatoms. The second kappa shape index (κ2) is 4.35. The summed E-state index contributed by atoms with van der Waals surface area (Å²) < 4.78 is 0. The normalized spacial score (nSPS) is 24.3. The Bertz CT molecular complexity index is 532. The molecule has 0 unspecified atom stereocenters. The maximum atomic E-state index is 12.3. The molecule has 1 aliphatic carbocycles. The van der Waals surface area contributed by atoms with Crippen LogP contribution in [0.4, 0.5) is 0 Å². The van der Waals surface area contributed by atoms with Crippen LogP contribution >= 0.6 is 11.3 Å². The number of hydrogen-bond donors (Lipinski definition) is 0. The van der Waals surface area contributed by atoms with Gasteiger partial charge in [-0.15, -0.1) is 11.3 Å². The zero-order valence-electron chi connectivity index (χ0n) is 10.1. The summed E-state index contributed by atoms with van der Waals surface area (Å²) in [5, 5.41) is 1.94. The van der Waals surface area contributed by atoms with E-state index in [1.165, 1.54) is 0 Å². The Morgan fingerprint density at radius 2 is 2.22 bits per heavy atom. The number of carbonyl (C=O) groups is 2. The van der Waals surface area contributed by atoms with Crippen molar-refractivity contribution >= 4 is 23.0 Å². The van der Waals surface area contributed by atoms with E-state index in [0.29, 0.717) is 13.0 Å². The molecule has 0 saturated heterocycles. The number of rotatable bonds is 1. The van der Waals surface area contributed by atoms with Crippen LogP contribution in [0.15, 0.2) is 23.6 Å². The van der Waals surface area contributed by atoms with Crippen molar-refractivity contribution in [3.8, 4) is 0 Å². The number of amides is 1. The van der Waals surface area contributed by atoms with E-state index in [1.807, 2.05) is 11.4 Å². The molecule has 3 nitrogen and oxygen atoms in total. The summed E-state index contributed by atoms with van der Waals surface area (Å²) in [5.74, 6) is 0.179. The van der Waals surface area contributed by atoms with Gasteiger partial charge in [0.05, 0.1) is 18.2 Å². The van der Waals surface area contributed by atoms with E-state index in [9.17, 15) is 9.59 Å². The maximum Gasteiger partial charge on any atom is 0.255 e. The van der Waals surface area contributed by atoms with Gasteiger partial charge in [-0.25, -0.2) is 0 Å². The highest BCUT2D eigenvalue weighted by atomic mass is 32.1. The molecular weight excluding hydrogens is 246 g/mol. The number of ketones is 1. The number of hydrogen-bond acceptors (Lipinski definition) is 3. The number of fused-ring (bicyclic) bond motifs is 1. The summed E-state index contributed by atoms with van der Waals surface area (Å²) in [5.41, 5.74) is 1.79. The summed E-state index contributed by atoms with van der Waals surface area (Å²) in [6.07, 6.45) is 3.07. The zero-order valence-corrected chi connectivity index (χ0v) is 11.0. The third kappa shape index (κ3) is 1.81. The minimum absolute atomic E-state index is 0.0251. The molecule has 94 valence electrons. The van der Waals surface area contributed by atoms with E-state index in [-0.39, 0.29) is 17.7 Å². The van der Waals surface area contributed by atoms with Crippen molar-refractivity contribution in [1.29, 1.82) is 0 Å². The fourth-order valence-corrected chi connectivity index (χ4v) is 3.64. The average Bonchev–Trinajstić information content (AvgIpc) is 2.84. The summed E-state index contributed by atoms with van der Waals surface area (Å²) in [6.45, 7) is 4.52. The Kier molecular flexibility index (Phi) is 2.82. The fourth-order valence-electron chi connectivity index (χ4n) is 2.78. The van der Waals surface area contributed by atoms with Crippen molar-refractivity contribution in [2.75, 3.05) is 0 Å². The van der Waals surface area contributed by atoms with Gasteiger partial charge in [0.2, 0.25) is 0 Å². The molecule has 1 fully saturated rings. The van der Waals surface area contributed by atoms with Crippen molar-refractivity contribution in [2.45, 2.75) is 38.3 Å². The summed E-state index contributed by atoms with van der Waals surface area (Å²) in [4.78, 5) is 27.3. The highest BCUT2D eigenvalue weighted by Gasteiger charge is 2.37. The second-order valence-electron chi connectivity index (χ2n) is 4.99. The fraction of sp³-hybridized carbons (Fsp3) is 0.429. The van der Waals surface area contributed by atoms with Crippen LogP contribution in [0.5, 0.6) is 0 Å². The highest BCUT2D eigenvalue weighted by Crippen LogP contribution is 2.32. The van der Waals surface area contributed by atoms with E-state index >= 15 is 0 Å². The smallest absolute Gasteiger partial charge is 0.255 e. The molecule has 1 amide bonds. The Labute approximate surface area is 110 Å². The quantitative estimate of drug-likeness (QED) is 0.576. The molecule has 1 saturated carbocycles. The Morgan fingerprint density at radius 3 is 3.00 bits per heavy atom. The van der Waals surface area contributed by atoms with Gasteiger partial charge in [-0.1, -0.05) is 12.2 Å². The van der Waals surface area contributed by atoms with Crippen LogP contribution in [0, 0.1) is 0 Å². The van der Waals surface area contributed by atoms with Crippen LogP contribution in [0.1, 0.15) is 40.9 Å². The maximum absolute atomic E-state index is 12.3. The van der Waals surface area contributed by atoms with Crippen molar-refractivity contribution in [3.63, 3.8) is 0 Å². The summed E-state index contributed by atoms with van der Waals surface area (Å²) >= 11 is 1.60. The van der Waals surface area contributed by atoms with Gasteiger partial charge in [-0.2, -0.15) is 0 Å². The van der Waals surface area contributed by atoms with Gasteiger partial charge in [0.15, 0.2) is 5.78 Å². The molecule has 0 bridgehead atoms. The monoisotopic (exact) mass is 261 g/mol. The molecule has 3 rings (SSSR count). The molecule has 2 aliphatic rings. The van der Waals surface area contributed by atoms with Crippen LogP contribution in [0.2, 0.25) is 0 Å². The third-order valence-electron chi connectivity index (χ3n) is 3.73. The van der Waals surface area contributed by atoms with Gasteiger partial charge >= 0.3 is 0 Å². The van der Waals surface area contributed by atoms with Gasteiger partial charge < -0.3 is 4.90 Å². The molecule has 0 radical (unpaired) electrons. The first-order valence-electron chi connectivity index (χ1n) is 6.23. The predicted molar refractivity (Wildman–Crippen MR) is 70.6 cm³/mol. The molecule has 0 aromatic carbocycles. The summed E-state index contributed by atoms with van der Waals surface area (Å²) in [7, 11) is 0. The molecule has 1 aromatic heterocycles. The highest BCUT2D eigenvalue weighted by molar-refractivity contribution is 7.10.